The lowest BCUT2D eigenvalue weighted by Crippen LogP contribution is -2.30. The Morgan fingerprint density at radius 2 is 0.868 bits per heavy atom. The Balaban J connectivity index is 0.974. The van der Waals surface area contributed by atoms with Crippen molar-refractivity contribution in [2.45, 2.75) is 12.8 Å². The van der Waals surface area contributed by atoms with Crippen LogP contribution in [-0.4, -0.2) is 19.5 Å². The van der Waals surface area contributed by atoms with E-state index in [1.54, 1.807) is 0 Å². The zero-order valence-corrected chi connectivity index (χ0v) is 29.0. The lowest BCUT2D eigenvalue weighted by Gasteiger charge is -2.11. The molecule has 2 aromatic heterocycles. The Hall–Kier alpha value is -6.91. The van der Waals surface area contributed by atoms with Gasteiger partial charge in [-0.1, -0.05) is 158 Å². The van der Waals surface area contributed by atoms with Gasteiger partial charge in [0.1, 0.15) is 0 Å². The fourth-order valence-electron chi connectivity index (χ4n) is 7.57. The molecular weight excluding hydrogens is 645 g/mol. The van der Waals surface area contributed by atoms with Crippen LogP contribution in [0.2, 0.25) is 0 Å². The van der Waals surface area contributed by atoms with Gasteiger partial charge < -0.3 is 4.57 Å². The van der Waals surface area contributed by atoms with Gasteiger partial charge in [-0.05, 0) is 70.1 Å². The fourth-order valence-corrected chi connectivity index (χ4v) is 7.57. The molecule has 10 rings (SSSR count). The molecule has 0 saturated heterocycles. The molecule has 0 bridgehead atoms. The van der Waals surface area contributed by atoms with Crippen LogP contribution < -0.4 is 10.6 Å². The minimum Gasteiger partial charge on any atom is -0.310 e. The number of para-hydroxylation sites is 1. The van der Waals surface area contributed by atoms with E-state index < -0.39 is 0 Å². The maximum absolute atomic E-state index is 5.01. The van der Waals surface area contributed by atoms with E-state index in [9.17, 15) is 0 Å². The summed E-state index contributed by atoms with van der Waals surface area (Å²) >= 11 is 0. The maximum Gasteiger partial charge on any atom is 0.164 e. The lowest BCUT2D eigenvalue weighted by atomic mass is 10.00. The monoisotopic (exact) mass is 678 g/mol. The van der Waals surface area contributed by atoms with E-state index in [0.29, 0.717) is 17.5 Å². The summed E-state index contributed by atoms with van der Waals surface area (Å²) in [6, 6.07) is 59.8. The Bertz CT molecular complexity index is 2910. The number of nitrogens with zero attached hydrogens (tertiary/aromatic N) is 4. The summed E-state index contributed by atoms with van der Waals surface area (Å²) in [4.78, 5) is 14.9. The molecule has 0 N–H and O–H groups in total. The average molecular weight is 679 g/mol. The summed E-state index contributed by atoms with van der Waals surface area (Å²) in [6.07, 6.45) is 6.92. The van der Waals surface area contributed by atoms with Gasteiger partial charge in [0, 0.05) is 38.3 Å². The Kier molecular flexibility index (Phi) is 7.58. The second kappa shape index (κ2) is 13.0. The molecule has 0 saturated carbocycles. The first-order valence-corrected chi connectivity index (χ1v) is 18.2. The third-order valence-electron chi connectivity index (χ3n) is 10.3. The Morgan fingerprint density at radius 3 is 1.55 bits per heavy atom. The van der Waals surface area contributed by atoms with Crippen LogP contribution in [0.3, 0.4) is 0 Å². The molecule has 0 amide bonds. The molecule has 53 heavy (non-hydrogen) atoms. The molecule has 9 aromatic rings. The third kappa shape index (κ3) is 5.71. The molecule has 1 aliphatic carbocycles. The number of benzene rings is 7. The standard InChI is InChI=1S/C49H34N4/c1-2-11-37(12-3-1)47-50-48(52-49(51-47)39-25-20-36(21-26-39)41-27-22-33-10-4-5-13-40(33)32-41)38-23-18-34(19-24-38)35-28-30-42(31-29-35)53-45-16-8-6-14-43(45)44-15-7-9-17-46(44)53/h1-6,8,10-32H,7,9H2. The summed E-state index contributed by atoms with van der Waals surface area (Å²) in [5.41, 5.74) is 9.89. The second-order valence-corrected chi connectivity index (χ2v) is 13.6. The van der Waals surface area contributed by atoms with Gasteiger partial charge in [0.2, 0.25) is 0 Å². The number of hydrogen-bond acceptors (Lipinski definition) is 3. The van der Waals surface area contributed by atoms with Crippen LogP contribution >= 0.6 is 0 Å². The molecule has 1 aliphatic rings. The molecule has 2 heterocycles. The molecule has 0 atom stereocenters. The Morgan fingerprint density at radius 1 is 0.377 bits per heavy atom. The van der Waals surface area contributed by atoms with E-state index in [1.165, 1.54) is 43.5 Å². The summed E-state index contributed by atoms with van der Waals surface area (Å²) < 4.78 is 2.40. The van der Waals surface area contributed by atoms with Crippen molar-refractivity contribution >= 4 is 33.8 Å². The zero-order chi connectivity index (χ0) is 35.1. The summed E-state index contributed by atoms with van der Waals surface area (Å²) in [7, 11) is 0. The predicted octanol–water partition coefficient (Wildman–Crippen LogP) is 10.7. The van der Waals surface area contributed by atoms with Crippen LogP contribution in [0.25, 0.3) is 95.9 Å². The van der Waals surface area contributed by atoms with Crippen LogP contribution in [-0.2, 0) is 0 Å². The molecule has 0 unspecified atom stereocenters. The van der Waals surface area contributed by atoms with E-state index in [1.807, 2.05) is 30.3 Å². The highest BCUT2D eigenvalue weighted by atomic mass is 15.0. The van der Waals surface area contributed by atoms with Gasteiger partial charge in [0.15, 0.2) is 17.5 Å². The zero-order valence-electron chi connectivity index (χ0n) is 29.0. The van der Waals surface area contributed by atoms with Crippen molar-refractivity contribution in [2.24, 2.45) is 0 Å². The van der Waals surface area contributed by atoms with Crippen molar-refractivity contribution in [3.05, 3.63) is 180 Å². The summed E-state index contributed by atoms with van der Waals surface area (Å²) in [5, 5.41) is 6.42. The van der Waals surface area contributed by atoms with Gasteiger partial charge in [0.25, 0.3) is 0 Å². The minimum absolute atomic E-state index is 0.645. The predicted molar refractivity (Wildman–Crippen MR) is 219 cm³/mol. The quantitative estimate of drug-likeness (QED) is 0.176. The number of hydrogen-bond donors (Lipinski definition) is 0. The number of aromatic nitrogens is 4. The van der Waals surface area contributed by atoms with Crippen LogP contribution in [0.1, 0.15) is 12.8 Å². The molecule has 4 heteroatoms. The second-order valence-electron chi connectivity index (χ2n) is 13.6. The van der Waals surface area contributed by atoms with Crippen molar-refractivity contribution < 1.29 is 0 Å². The van der Waals surface area contributed by atoms with Crippen LogP contribution in [0.15, 0.2) is 170 Å². The Labute approximate surface area is 307 Å². The molecule has 0 fully saturated rings. The first-order chi connectivity index (χ1) is 26.2. The van der Waals surface area contributed by atoms with Gasteiger partial charge in [-0.15, -0.1) is 0 Å². The molecule has 0 radical (unpaired) electrons. The molecule has 250 valence electrons. The van der Waals surface area contributed by atoms with Crippen LogP contribution in [0.5, 0.6) is 0 Å². The fraction of sp³-hybridized carbons (Fsp3) is 0.0408. The SMILES string of the molecule is C1=c2c(n(-c3ccc(-c4ccc(-c5nc(-c6ccccc6)nc(-c6ccc(-c7ccc8ccccc8c7)cc6)n5)cc4)cc3)c3ccccc23)=CCC1. The minimum atomic E-state index is 0.645. The van der Waals surface area contributed by atoms with Crippen molar-refractivity contribution in [1.29, 1.82) is 0 Å². The first-order valence-electron chi connectivity index (χ1n) is 18.2. The van der Waals surface area contributed by atoms with E-state index >= 15 is 0 Å². The average Bonchev–Trinajstić information content (AvgIpc) is 3.58. The van der Waals surface area contributed by atoms with E-state index in [0.717, 1.165) is 46.2 Å². The summed E-state index contributed by atoms with van der Waals surface area (Å²) in [6.45, 7) is 0. The van der Waals surface area contributed by atoms with Crippen molar-refractivity contribution in [2.75, 3.05) is 0 Å². The molecule has 7 aromatic carbocycles. The number of fused-ring (bicyclic) bond motifs is 4. The first kappa shape index (κ1) is 30.9. The maximum atomic E-state index is 5.01. The number of rotatable bonds is 6. The van der Waals surface area contributed by atoms with Gasteiger partial charge in [0.05, 0.1) is 5.52 Å². The van der Waals surface area contributed by atoms with Crippen molar-refractivity contribution in [3.8, 4) is 62.1 Å². The van der Waals surface area contributed by atoms with Gasteiger partial charge >= 0.3 is 0 Å². The molecule has 4 nitrogen and oxygen atoms in total. The van der Waals surface area contributed by atoms with Crippen LogP contribution in [0, 0.1) is 0 Å². The van der Waals surface area contributed by atoms with E-state index in [-0.39, 0.29) is 0 Å². The molecule has 0 aliphatic heterocycles. The van der Waals surface area contributed by atoms with Crippen molar-refractivity contribution in [3.63, 3.8) is 0 Å². The van der Waals surface area contributed by atoms with E-state index in [2.05, 4.69) is 156 Å². The smallest absolute Gasteiger partial charge is 0.164 e. The normalized spacial score (nSPS) is 12.3. The largest absolute Gasteiger partial charge is 0.310 e. The lowest BCUT2D eigenvalue weighted by molar-refractivity contribution is 1.02. The van der Waals surface area contributed by atoms with Crippen LogP contribution in [0.4, 0.5) is 0 Å². The topological polar surface area (TPSA) is 43.6 Å². The van der Waals surface area contributed by atoms with E-state index in [4.69, 9.17) is 15.0 Å². The van der Waals surface area contributed by atoms with Gasteiger partial charge in [-0.25, -0.2) is 15.0 Å². The summed E-state index contributed by atoms with van der Waals surface area (Å²) in [5.74, 6) is 1.94. The van der Waals surface area contributed by atoms with Gasteiger partial charge in [-0.2, -0.15) is 0 Å². The highest BCUT2D eigenvalue weighted by Gasteiger charge is 2.14. The highest BCUT2D eigenvalue weighted by molar-refractivity contribution is 5.88. The highest BCUT2D eigenvalue weighted by Crippen LogP contribution is 2.30. The third-order valence-corrected chi connectivity index (χ3v) is 10.3. The van der Waals surface area contributed by atoms with Gasteiger partial charge in [-0.3, -0.25) is 0 Å². The molecule has 0 spiro atoms. The van der Waals surface area contributed by atoms with Crippen molar-refractivity contribution in [1.82, 2.24) is 19.5 Å². The molecular formula is C49H34N4.